The van der Waals surface area contributed by atoms with Crippen molar-refractivity contribution < 1.29 is 13.2 Å². The maximum Gasteiger partial charge on any atom is 0.253 e. The van der Waals surface area contributed by atoms with Crippen LogP contribution in [0.25, 0.3) is 0 Å². The van der Waals surface area contributed by atoms with Crippen molar-refractivity contribution in [3.8, 4) is 0 Å². The molecule has 0 saturated carbocycles. The maximum atomic E-state index is 12.9. The molecule has 28 heavy (non-hydrogen) atoms. The Morgan fingerprint density at radius 3 is 2.46 bits per heavy atom. The van der Waals surface area contributed by atoms with Gasteiger partial charge in [0.2, 0.25) is 10.0 Å². The van der Waals surface area contributed by atoms with Crippen LogP contribution in [0.5, 0.6) is 0 Å². The van der Waals surface area contributed by atoms with Gasteiger partial charge in [-0.2, -0.15) is 16.1 Å². The number of amides is 1. The Morgan fingerprint density at radius 2 is 1.86 bits per heavy atom. The second kappa shape index (κ2) is 9.43. The summed E-state index contributed by atoms with van der Waals surface area (Å²) in [6, 6.07) is 10.6. The Hall–Kier alpha value is -1.35. The highest BCUT2D eigenvalue weighted by atomic mass is 32.2. The van der Waals surface area contributed by atoms with Crippen LogP contribution in [-0.2, 0) is 10.0 Å². The third-order valence-corrected chi connectivity index (χ3v) is 9.44. The smallest absolute Gasteiger partial charge is 0.253 e. The number of carbonyl (C=O) groups excluding carboxylic acids is 1. The van der Waals surface area contributed by atoms with Gasteiger partial charge in [-0.1, -0.05) is 19.9 Å². The van der Waals surface area contributed by atoms with Gasteiger partial charge >= 0.3 is 0 Å². The first-order valence-corrected chi connectivity index (χ1v) is 12.9. The Labute approximate surface area is 175 Å². The molecule has 1 unspecified atom stereocenters. The van der Waals surface area contributed by atoms with Gasteiger partial charge in [-0.3, -0.25) is 4.79 Å². The minimum atomic E-state index is -3.50. The molecule has 152 valence electrons. The van der Waals surface area contributed by atoms with E-state index in [1.54, 1.807) is 35.6 Å². The summed E-state index contributed by atoms with van der Waals surface area (Å²) in [6.45, 7) is 5.92. The van der Waals surface area contributed by atoms with Crippen molar-refractivity contribution in [2.45, 2.75) is 30.4 Å². The Morgan fingerprint density at radius 1 is 1.14 bits per heavy atom. The highest BCUT2D eigenvalue weighted by Crippen LogP contribution is 2.36. The molecule has 1 aliphatic heterocycles. The molecule has 1 aromatic carbocycles. The average molecular weight is 439 g/mol. The molecule has 1 aromatic heterocycles. The molecule has 2 heterocycles. The van der Waals surface area contributed by atoms with E-state index < -0.39 is 10.0 Å². The van der Waals surface area contributed by atoms with Gasteiger partial charge < -0.3 is 4.90 Å². The van der Waals surface area contributed by atoms with E-state index in [9.17, 15) is 13.2 Å². The lowest BCUT2D eigenvalue weighted by molar-refractivity contribution is 0.0766. The maximum absolute atomic E-state index is 12.9. The molecule has 1 aliphatic rings. The van der Waals surface area contributed by atoms with Gasteiger partial charge in [-0.25, -0.2) is 8.42 Å². The summed E-state index contributed by atoms with van der Waals surface area (Å²) in [7, 11) is -3.50. The summed E-state index contributed by atoms with van der Waals surface area (Å²) in [6.07, 6.45) is 0.936. The molecule has 0 bridgehead atoms. The molecule has 0 spiro atoms. The van der Waals surface area contributed by atoms with E-state index in [0.717, 1.165) is 12.2 Å². The Bertz CT molecular complexity index is 876. The van der Waals surface area contributed by atoms with Crippen molar-refractivity contribution >= 4 is 39.0 Å². The molecule has 8 heteroatoms. The van der Waals surface area contributed by atoms with Crippen LogP contribution in [0.2, 0.25) is 0 Å². The van der Waals surface area contributed by atoms with Gasteiger partial charge in [-0.05, 0) is 42.1 Å². The first-order chi connectivity index (χ1) is 13.5. The van der Waals surface area contributed by atoms with Crippen LogP contribution < -0.4 is 0 Å². The minimum absolute atomic E-state index is 0.0285. The van der Waals surface area contributed by atoms with E-state index in [1.165, 1.54) is 9.18 Å². The molecule has 1 fully saturated rings. The van der Waals surface area contributed by atoms with Gasteiger partial charge in [0.1, 0.15) is 0 Å². The molecule has 1 saturated heterocycles. The van der Waals surface area contributed by atoms with E-state index in [2.05, 4.69) is 17.5 Å². The molecule has 2 aromatic rings. The number of rotatable bonds is 6. The van der Waals surface area contributed by atoms with Crippen molar-refractivity contribution in [2.75, 3.05) is 31.9 Å². The lowest BCUT2D eigenvalue weighted by Crippen LogP contribution is -2.33. The highest BCUT2D eigenvalue weighted by molar-refractivity contribution is 7.99. The summed E-state index contributed by atoms with van der Waals surface area (Å²) in [5.41, 5.74) is 0.540. The third-order valence-electron chi connectivity index (χ3n) is 4.93. The molecule has 1 atom stereocenters. The minimum Gasteiger partial charge on any atom is -0.338 e. The second-order valence-corrected chi connectivity index (χ2v) is 10.8. The summed E-state index contributed by atoms with van der Waals surface area (Å²) in [5, 5.41) is 2.54. The molecule has 1 amide bonds. The van der Waals surface area contributed by atoms with Crippen LogP contribution in [-0.4, -0.2) is 55.5 Å². The molecular weight excluding hydrogens is 412 g/mol. The number of hydrogen-bond donors (Lipinski definition) is 0. The van der Waals surface area contributed by atoms with Crippen LogP contribution in [0.1, 0.15) is 40.8 Å². The van der Waals surface area contributed by atoms with Crippen LogP contribution in [0, 0.1) is 0 Å². The topological polar surface area (TPSA) is 57.7 Å². The fourth-order valence-electron chi connectivity index (χ4n) is 3.34. The monoisotopic (exact) mass is 438 g/mol. The first kappa shape index (κ1) is 21.4. The van der Waals surface area contributed by atoms with Gasteiger partial charge in [0.05, 0.1) is 4.90 Å². The normalized spacial score (nSPS) is 18.2. The van der Waals surface area contributed by atoms with Crippen LogP contribution in [0.3, 0.4) is 0 Å². The second-order valence-electron chi connectivity index (χ2n) is 6.57. The number of nitrogens with zero attached hydrogens (tertiary/aromatic N) is 2. The number of hydrogen-bond acceptors (Lipinski definition) is 5. The quantitative estimate of drug-likeness (QED) is 0.681. The van der Waals surface area contributed by atoms with Gasteiger partial charge in [0.25, 0.3) is 5.91 Å². The van der Waals surface area contributed by atoms with E-state index >= 15 is 0 Å². The Kier molecular flexibility index (Phi) is 7.20. The van der Waals surface area contributed by atoms with Crippen molar-refractivity contribution in [1.29, 1.82) is 0 Å². The standard InChI is InChI=1S/C20H26N2O3S3/c1-3-22(4-2)28(24,25)17-9-7-16(8-10-17)20(23)21-12-11-19(27-15-13-21)18-6-5-14-26-18/h5-10,14,19H,3-4,11-13,15H2,1-2H3. The van der Waals surface area contributed by atoms with E-state index in [-0.39, 0.29) is 10.8 Å². The van der Waals surface area contributed by atoms with E-state index in [4.69, 9.17) is 0 Å². The molecule has 0 radical (unpaired) electrons. The van der Waals surface area contributed by atoms with Crippen molar-refractivity contribution in [3.05, 3.63) is 52.2 Å². The summed E-state index contributed by atoms with van der Waals surface area (Å²) in [4.78, 5) is 16.4. The molecular formula is C20H26N2O3S3. The van der Waals surface area contributed by atoms with Crippen molar-refractivity contribution in [2.24, 2.45) is 0 Å². The van der Waals surface area contributed by atoms with Crippen molar-refractivity contribution in [1.82, 2.24) is 9.21 Å². The lowest BCUT2D eigenvalue weighted by Gasteiger charge is -2.21. The highest BCUT2D eigenvalue weighted by Gasteiger charge is 2.25. The summed E-state index contributed by atoms with van der Waals surface area (Å²) >= 11 is 3.67. The number of sulfonamides is 1. The first-order valence-electron chi connectivity index (χ1n) is 9.51. The number of thioether (sulfide) groups is 1. The number of benzene rings is 1. The van der Waals surface area contributed by atoms with E-state index in [0.29, 0.717) is 37.0 Å². The predicted octanol–water partition coefficient (Wildman–Crippen LogP) is 4.10. The molecule has 0 aliphatic carbocycles. The summed E-state index contributed by atoms with van der Waals surface area (Å²) < 4.78 is 26.6. The van der Waals surface area contributed by atoms with Crippen LogP contribution >= 0.6 is 23.1 Å². The molecule has 0 N–H and O–H groups in total. The average Bonchev–Trinajstić information content (AvgIpc) is 3.13. The van der Waals surface area contributed by atoms with Crippen LogP contribution in [0.15, 0.2) is 46.7 Å². The largest absolute Gasteiger partial charge is 0.338 e. The fraction of sp³-hybridized carbons (Fsp3) is 0.450. The number of thiophene rings is 1. The van der Waals surface area contributed by atoms with Gasteiger partial charge in [-0.15, -0.1) is 11.3 Å². The third kappa shape index (κ3) is 4.62. The predicted molar refractivity (Wildman–Crippen MR) is 117 cm³/mol. The Balaban J connectivity index is 1.69. The van der Waals surface area contributed by atoms with Gasteiger partial charge in [0, 0.05) is 47.6 Å². The van der Waals surface area contributed by atoms with Crippen LogP contribution in [0.4, 0.5) is 0 Å². The number of carbonyl (C=O) groups is 1. The lowest BCUT2D eigenvalue weighted by atomic mass is 10.2. The molecule has 3 rings (SSSR count). The molecule has 5 nitrogen and oxygen atoms in total. The zero-order chi connectivity index (χ0) is 20.1. The summed E-state index contributed by atoms with van der Waals surface area (Å²) in [5.74, 6) is 0.877. The fourth-order valence-corrected chi connectivity index (χ4v) is 7.04. The van der Waals surface area contributed by atoms with Crippen molar-refractivity contribution in [3.63, 3.8) is 0 Å². The van der Waals surface area contributed by atoms with Gasteiger partial charge in [0.15, 0.2) is 0 Å². The SMILES string of the molecule is CCN(CC)S(=O)(=O)c1ccc(C(=O)N2CCSC(c3cccs3)CC2)cc1. The van der Waals surface area contributed by atoms with E-state index in [1.807, 2.05) is 30.5 Å². The zero-order valence-electron chi connectivity index (χ0n) is 16.2. The zero-order valence-corrected chi connectivity index (χ0v) is 18.7.